The van der Waals surface area contributed by atoms with Crippen molar-refractivity contribution in [2.24, 2.45) is 5.14 Å². The molecule has 0 aliphatic rings. The Balaban J connectivity index is 2.82. The first-order valence-corrected chi connectivity index (χ1v) is 9.05. The molecule has 1 amide bonds. The third kappa shape index (κ3) is 4.69. The van der Waals surface area contributed by atoms with Gasteiger partial charge in [-0.05, 0) is 24.6 Å². The molecule has 0 saturated heterocycles. The van der Waals surface area contributed by atoms with Gasteiger partial charge in [0.1, 0.15) is 0 Å². The van der Waals surface area contributed by atoms with Gasteiger partial charge in [0, 0.05) is 34.4 Å². The minimum atomic E-state index is -3.86. The van der Waals surface area contributed by atoms with Gasteiger partial charge in [-0.25, -0.2) is 13.6 Å². The Morgan fingerprint density at radius 3 is 2.60 bits per heavy atom. The van der Waals surface area contributed by atoms with E-state index in [2.05, 4.69) is 5.32 Å². The number of rotatable bonds is 6. The predicted molar refractivity (Wildman–Crippen MR) is 78.4 cm³/mol. The van der Waals surface area contributed by atoms with Gasteiger partial charge in [0.15, 0.2) is 0 Å². The second-order valence-corrected chi connectivity index (χ2v) is 7.61. The van der Waals surface area contributed by atoms with Crippen molar-refractivity contribution in [2.45, 2.75) is 18.7 Å². The molecule has 0 bridgehead atoms. The highest BCUT2D eigenvalue weighted by molar-refractivity contribution is 7.89. The molecule has 0 saturated carbocycles. The number of hydrogen-bond acceptors (Lipinski definition) is 4. The largest absolute Gasteiger partial charge is 0.351 e. The lowest BCUT2D eigenvalue weighted by Crippen LogP contribution is -2.28. The Labute approximate surface area is 121 Å². The SMILES string of the molecule is CCS(=O)CCNC(=O)c1ccc(C)c(S(N)(=O)=O)c1. The van der Waals surface area contributed by atoms with Crippen LogP contribution in [0.5, 0.6) is 0 Å². The van der Waals surface area contributed by atoms with Gasteiger partial charge in [0.2, 0.25) is 10.0 Å². The van der Waals surface area contributed by atoms with Gasteiger partial charge >= 0.3 is 0 Å². The van der Waals surface area contributed by atoms with E-state index in [-0.39, 0.29) is 17.0 Å². The molecule has 1 unspecified atom stereocenters. The normalized spacial score (nSPS) is 12.9. The summed E-state index contributed by atoms with van der Waals surface area (Å²) in [6.45, 7) is 3.68. The maximum Gasteiger partial charge on any atom is 0.251 e. The Morgan fingerprint density at radius 1 is 1.40 bits per heavy atom. The first-order chi connectivity index (χ1) is 9.25. The van der Waals surface area contributed by atoms with Crippen molar-refractivity contribution < 1.29 is 17.4 Å². The van der Waals surface area contributed by atoms with Crippen molar-refractivity contribution in [3.05, 3.63) is 29.3 Å². The maximum absolute atomic E-state index is 11.9. The lowest BCUT2D eigenvalue weighted by molar-refractivity contribution is 0.0956. The molecule has 0 aliphatic heterocycles. The summed E-state index contributed by atoms with van der Waals surface area (Å²) < 4.78 is 34.0. The highest BCUT2D eigenvalue weighted by Crippen LogP contribution is 2.15. The van der Waals surface area contributed by atoms with Gasteiger partial charge in [-0.15, -0.1) is 0 Å². The number of hydrogen-bond donors (Lipinski definition) is 2. The Kier molecular flexibility index (Phi) is 5.85. The monoisotopic (exact) mass is 318 g/mol. The fourth-order valence-electron chi connectivity index (χ4n) is 1.57. The van der Waals surface area contributed by atoms with Crippen molar-refractivity contribution in [1.82, 2.24) is 5.32 Å². The van der Waals surface area contributed by atoms with Gasteiger partial charge in [-0.2, -0.15) is 0 Å². The zero-order valence-corrected chi connectivity index (χ0v) is 13.0. The standard InChI is InChI=1S/C12H18N2O4S2/c1-3-19(16)7-6-14-12(15)10-5-4-9(2)11(8-10)20(13,17)18/h4-5,8H,3,6-7H2,1-2H3,(H,14,15)(H2,13,17,18). The van der Waals surface area contributed by atoms with Crippen LogP contribution < -0.4 is 10.5 Å². The molecule has 1 atom stereocenters. The molecule has 0 aromatic heterocycles. The summed E-state index contributed by atoms with van der Waals surface area (Å²) in [6.07, 6.45) is 0. The molecule has 6 nitrogen and oxygen atoms in total. The summed E-state index contributed by atoms with van der Waals surface area (Å²) in [5.41, 5.74) is 0.693. The van der Waals surface area contributed by atoms with E-state index in [1.807, 2.05) is 0 Å². The molecule has 1 rings (SSSR count). The molecule has 0 fully saturated rings. The molecule has 20 heavy (non-hydrogen) atoms. The van der Waals surface area contributed by atoms with Crippen LogP contribution in [0, 0.1) is 6.92 Å². The smallest absolute Gasteiger partial charge is 0.251 e. The topological polar surface area (TPSA) is 106 Å². The third-order valence-corrected chi connectivity index (χ3v) is 5.05. The van der Waals surface area contributed by atoms with Crippen molar-refractivity contribution >= 4 is 26.7 Å². The van der Waals surface area contributed by atoms with Crippen LogP contribution in [0.2, 0.25) is 0 Å². The van der Waals surface area contributed by atoms with E-state index in [9.17, 15) is 17.4 Å². The number of amides is 1. The maximum atomic E-state index is 11.9. The Bertz CT molecular complexity index is 626. The number of nitrogens with two attached hydrogens (primary N) is 1. The van der Waals surface area contributed by atoms with Crippen LogP contribution in [-0.2, 0) is 20.8 Å². The summed E-state index contributed by atoms with van der Waals surface area (Å²) >= 11 is 0. The van der Waals surface area contributed by atoms with Crippen LogP contribution in [0.4, 0.5) is 0 Å². The van der Waals surface area contributed by atoms with Gasteiger partial charge in [0.05, 0.1) is 4.90 Å². The average molecular weight is 318 g/mol. The van der Waals surface area contributed by atoms with E-state index < -0.39 is 26.7 Å². The van der Waals surface area contributed by atoms with Crippen LogP contribution in [0.3, 0.4) is 0 Å². The molecule has 1 aromatic carbocycles. The summed E-state index contributed by atoms with van der Waals surface area (Å²) in [4.78, 5) is 11.8. The summed E-state index contributed by atoms with van der Waals surface area (Å²) in [6, 6.07) is 4.30. The summed E-state index contributed by atoms with van der Waals surface area (Å²) in [5.74, 6) is 0.495. The van der Waals surface area contributed by atoms with E-state index in [0.29, 0.717) is 17.1 Å². The van der Waals surface area contributed by atoms with Gasteiger partial charge in [-0.3, -0.25) is 9.00 Å². The third-order valence-electron chi connectivity index (χ3n) is 2.69. The predicted octanol–water partition coefficient (Wildman–Crippen LogP) is 0.141. The van der Waals surface area contributed by atoms with Gasteiger partial charge in [0.25, 0.3) is 5.91 Å². The van der Waals surface area contributed by atoms with Crippen LogP contribution in [0.15, 0.2) is 23.1 Å². The highest BCUT2D eigenvalue weighted by atomic mass is 32.2. The molecule has 0 aliphatic carbocycles. The molecule has 0 heterocycles. The Morgan fingerprint density at radius 2 is 2.05 bits per heavy atom. The van der Waals surface area contributed by atoms with Crippen molar-refractivity contribution in [2.75, 3.05) is 18.1 Å². The molecule has 112 valence electrons. The lowest BCUT2D eigenvalue weighted by atomic mass is 10.1. The number of nitrogens with one attached hydrogen (secondary N) is 1. The molecular weight excluding hydrogens is 300 g/mol. The lowest BCUT2D eigenvalue weighted by Gasteiger charge is -2.08. The first kappa shape index (κ1) is 16.8. The fourth-order valence-corrected chi connectivity index (χ4v) is 3.00. The molecule has 0 radical (unpaired) electrons. The second kappa shape index (κ2) is 6.96. The number of aryl methyl sites for hydroxylation is 1. The van der Waals surface area contributed by atoms with Crippen LogP contribution in [0.25, 0.3) is 0 Å². The van der Waals surface area contributed by atoms with Crippen molar-refractivity contribution in [1.29, 1.82) is 0 Å². The van der Waals surface area contributed by atoms with Crippen LogP contribution >= 0.6 is 0 Å². The summed E-state index contributed by atoms with van der Waals surface area (Å²) in [5, 5.41) is 7.68. The molecule has 8 heteroatoms. The van der Waals surface area contributed by atoms with E-state index in [0.717, 1.165) is 0 Å². The van der Waals surface area contributed by atoms with Crippen molar-refractivity contribution in [3.63, 3.8) is 0 Å². The second-order valence-electron chi connectivity index (χ2n) is 4.21. The van der Waals surface area contributed by atoms with Crippen LogP contribution in [-0.4, -0.2) is 36.6 Å². The molecule has 1 aromatic rings. The van der Waals surface area contributed by atoms with Crippen molar-refractivity contribution in [3.8, 4) is 0 Å². The number of carbonyl (C=O) groups excluding carboxylic acids is 1. The molecular formula is C12H18N2O4S2. The number of primary sulfonamides is 1. The molecule has 0 spiro atoms. The zero-order chi connectivity index (χ0) is 15.3. The number of benzene rings is 1. The van der Waals surface area contributed by atoms with Crippen LogP contribution in [0.1, 0.15) is 22.8 Å². The minimum absolute atomic E-state index is 0.0673. The van der Waals surface area contributed by atoms with E-state index >= 15 is 0 Å². The zero-order valence-electron chi connectivity index (χ0n) is 11.4. The van der Waals surface area contributed by atoms with E-state index in [1.54, 1.807) is 13.8 Å². The number of carbonyl (C=O) groups is 1. The quantitative estimate of drug-likeness (QED) is 0.778. The highest BCUT2D eigenvalue weighted by Gasteiger charge is 2.15. The van der Waals surface area contributed by atoms with Gasteiger partial charge < -0.3 is 5.32 Å². The minimum Gasteiger partial charge on any atom is -0.351 e. The fraction of sp³-hybridized carbons (Fsp3) is 0.417. The molecule has 3 N–H and O–H groups in total. The van der Waals surface area contributed by atoms with E-state index in [4.69, 9.17) is 5.14 Å². The number of sulfonamides is 1. The van der Waals surface area contributed by atoms with Gasteiger partial charge in [-0.1, -0.05) is 13.0 Å². The average Bonchev–Trinajstić information content (AvgIpc) is 2.37. The Hall–Kier alpha value is -1.25. The first-order valence-electron chi connectivity index (χ1n) is 6.02. The van der Waals surface area contributed by atoms with E-state index in [1.165, 1.54) is 18.2 Å². The summed E-state index contributed by atoms with van der Waals surface area (Å²) in [7, 11) is -4.81.